The van der Waals surface area contributed by atoms with E-state index in [4.69, 9.17) is 11.6 Å². The van der Waals surface area contributed by atoms with E-state index in [1.807, 2.05) is 0 Å². The molecule has 0 unspecified atom stereocenters. The Labute approximate surface area is 101 Å². The Balaban J connectivity index is 2.72. The van der Waals surface area contributed by atoms with Gasteiger partial charge in [-0.25, -0.2) is 0 Å². The summed E-state index contributed by atoms with van der Waals surface area (Å²) in [5.74, 6) is -0.896. The van der Waals surface area contributed by atoms with Gasteiger partial charge in [0, 0.05) is 16.5 Å². The number of nitrogens with one attached hydrogen (secondary N) is 1. The molecule has 1 N–H and O–H groups in total. The van der Waals surface area contributed by atoms with Gasteiger partial charge >= 0.3 is 6.18 Å². The summed E-state index contributed by atoms with van der Waals surface area (Å²) in [6.45, 7) is 0.583. The van der Waals surface area contributed by atoms with E-state index in [0.717, 1.165) is 17.3 Å². The first-order valence-corrected chi connectivity index (χ1v) is 5.91. The van der Waals surface area contributed by atoms with Crippen molar-refractivity contribution in [3.8, 4) is 0 Å². The SMILES string of the molecule is CNCc1cc(Cl)cc(SCC(F)(F)F)c1. The van der Waals surface area contributed by atoms with Gasteiger partial charge in [0.15, 0.2) is 0 Å². The predicted molar refractivity (Wildman–Crippen MR) is 61.0 cm³/mol. The molecule has 1 nitrogen and oxygen atoms in total. The molecule has 0 bridgehead atoms. The first-order valence-electron chi connectivity index (χ1n) is 4.54. The van der Waals surface area contributed by atoms with Crippen LogP contribution in [0.15, 0.2) is 23.1 Å². The second kappa shape index (κ2) is 5.80. The third kappa shape index (κ3) is 5.09. The van der Waals surface area contributed by atoms with Gasteiger partial charge in [0.2, 0.25) is 0 Å². The molecule has 6 heteroatoms. The molecular weight excluding hydrogens is 259 g/mol. The Morgan fingerprint density at radius 2 is 2.00 bits per heavy atom. The van der Waals surface area contributed by atoms with Gasteiger partial charge in [0.05, 0.1) is 5.75 Å². The molecule has 1 aromatic rings. The lowest BCUT2D eigenvalue weighted by molar-refractivity contribution is -0.105. The largest absolute Gasteiger partial charge is 0.398 e. The van der Waals surface area contributed by atoms with Crippen LogP contribution in [0.2, 0.25) is 5.02 Å². The third-order valence-electron chi connectivity index (χ3n) is 1.71. The lowest BCUT2D eigenvalue weighted by atomic mass is 10.2. The quantitative estimate of drug-likeness (QED) is 0.836. The van der Waals surface area contributed by atoms with E-state index < -0.39 is 11.9 Å². The van der Waals surface area contributed by atoms with Crippen LogP contribution in [0, 0.1) is 0 Å². The van der Waals surface area contributed by atoms with E-state index in [0.29, 0.717) is 16.5 Å². The molecule has 0 amide bonds. The molecule has 1 rings (SSSR count). The molecule has 0 fully saturated rings. The number of benzene rings is 1. The summed E-state index contributed by atoms with van der Waals surface area (Å²) >= 11 is 6.56. The van der Waals surface area contributed by atoms with Gasteiger partial charge in [-0.05, 0) is 30.8 Å². The fourth-order valence-electron chi connectivity index (χ4n) is 1.18. The van der Waals surface area contributed by atoms with Crippen molar-refractivity contribution in [2.75, 3.05) is 12.8 Å². The minimum atomic E-state index is -4.16. The molecule has 16 heavy (non-hydrogen) atoms. The van der Waals surface area contributed by atoms with Crippen molar-refractivity contribution >= 4 is 23.4 Å². The monoisotopic (exact) mass is 269 g/mol. The van der Waals surface area contributed by atoms with E-state index in [9.17, 15) is 13.2 Å². The molecule has 0 radical (unpaired) electrons. The number of rotatable bonds is 4. The number of hydrogen-bond acceptors (Lipinski definition) is 2. The van der Waals surface area contributed by atoms with Gasteiger partial charge < -0.3 is 5.32 Å². The van der Waals surface area contributed by atoms with Gasteiger partial charge in [-0.3, -0.25) is 0 Å². The summed E-state index contributed by atoms with van der Waals surface area (Å²) in [6.07, 6.45) is -4.16. The second-order valence-electron chi connectivity index (χ2n) is 3.23. The topological polar surface area (TPSA) is 12.0 Å². The fourth-order valence-corrected chi connectivity index (χ4v) is 2.27. The molecule has 0 saturated heterocycles. The molecule has 0 aliphatic rings. The second-order valence-corrected chi connectivity index (χ2v) is 4.71. The zero-order valence-electron chi connectivity index (χ0n) is 8.57. The van der Waals surface area contributed by atoms with Crippen LogP contribution in [-0.2, 0) is 6.54 Å². The molecule has 0 aliphatic heterocycles. The zero-order valence-corrected chi connectivity index (χ0v) is 10.1. The van der Waals surface area contributed by atoms with Crippen molar-refractivity contribution in [1.82, 2.24) is 5.32 Å². The summed E-state index contributed by atoms with van der Waals surface area (Å²) < 4.78 is 36.1. The van der Waals surface area contributed by atoms with E-state index >= 15 is 0 Å². The van der Waals surface area contributed by atoms with Crippen LogP contribution in [0.1, 0.15) is 5.56 Å². The van der Waals surface area contributed by atoms with Crippen molar-refractivity contribution in [3.05, 3.63) is 28.8 Å². The highest BCUT2D eigenvalue weighted by molar-refractivity contribution is 7.99. The molecule has 0 atom stereocenters. The predicted octanol–water partition coefficient (Wildman–Crippen LogP) is 3.71. The van der Waals surface area contributed by atoms with Crippen molar-refractivity contribution in [1.29, 1.82) is 0 Å². The summed E-state index contributed by atoms with van der Waals surface area (Å²) in [4.78, 5) is 0.537. The van der Waals surface area contributed by atoms with Gasteiger partial charge in [-0.1, -0.05) is 11.6 Å². The Bertz CT molecular complexity index is 354. The highest BCUT2D eigenvalue weighted by Gasteiger charge is 2.27. The van der Waals surface area contributed by atoms with Crippen LogP contribution >= 0.6 is 23.4 Å². The molecule has 90 valence electrons. The van der Waals surface area contributed by atoms with Crippen LogP contribution in [-0.4, -0.2) is 19.0 Å². The molecule has 1 aromatic carbocycles. The standard InChI is InChI=1S/C10H11ClF3NS/c1-15-5-7-2-8(11)4-9(3-7)16-6-10(12,13)14/h2-4,15H,5-6H2,1H3. The molecule has 0 heterocycles. The van der Waals surface area contributed by atoms with E-state index in [1.54, 1.807) is 19.2 Å². The van der Waals surface area contributed by atoms with Crippen LogP contribution in [0.25, 0.3) is 0 Å². The Morgan fingerprint density at radius 1 is 1.31 bits per heavy atom. The third-order valence-corrected chi connectivity index (χ3v) is 2.97. The highest BCUT2D eigenvalue weighted by Crippen LogP contribution is 2.29. The Morgan fingerprint density at radius 3 is 2.56 bits per heavy atom. The van der Waals surface area contributed by atoms with Crippen LogP contribution < -0.4 is 5.32 Å². The van der Waals surface area contributed by atoms with Crippen LogP contribution in [0.3, 0.4) is 0 Å². The van der Waals surface area contributed by atoms with Gasteiger partial charge in [0.25, 0.3) is 0 Å². The maximum absolute atomic E-state index is 12.0. The Kier molecular flexibility index (Phi) is 4.95. The van der Waals surface area contributed by atoms with Crippen molar-refractivity contribution in [3.63, 3.8) is 0 Å². The fraction of sp³-hybridized carbons (Fsp3) is 0.400. The number of alkyl halides is 3. The van der Waals surface area contributed by atoms with Crippen molar-refractivity contribution in [2.45, 2.75) is 17.6 Å². The van der Waals surface area contributed by atoms with E-state index in [2.05, 4.69) is 5.32 Å². The normalized spacial score (nSPS) is 11.8. The summed E-state index contributed by atoms with van der Waals surface area (Å²) in [5.41, 5.74) is 0.875. The average Bonchev–Trinajstić information content (AvgIpc) is 2.13. The maximum Gasteiger partial charge on any atom is 0.398 e. The van der Waals surface area contributed by atoms with Crippen LogP contribution in [0.5, 0.6) is 0 Å². The molecule has 0 aliphatic carbocycles. The van der Waals surface area contributed by atoms with Crippen LogP contribution in [0.4, 0.5) is 13.2 Å². The maximum atomic E-state index is 12.0. The van der Waals surface area contributed by atoms with Gasteiger partial charge in [-0.15, -0.1) is 11.8 Å². The highest BCUT2D eigenvalue weighted by atomic mass is 35.5. The van der Waals surface area contributed by atoms with E-state index in [-0.39, 0.29) is 0 Å². The molecular formula is C10H11ClF3NS. The van der Waals surface area contributed by atoms with Gasteiger partial charge in [0.1, 0.15) is 0 Å². The molecule has 0 aromatic heterocycles. The first-order chi connectivity index (χ1) is 7.40. The summed E-state index contributed by atoms with van der Waals surface area (Å²) in [5, 5.41) is 3.38. The number of thioether (sulfide) groups is 1. The smallest absolute Gasteiger partial charge is 0.316 e. The first kappa shape index (κ1) is 13.7. The lowest BCUT2D eigenvalue weighted by Crippen LogP contribution is -2.10. The summed E-state index contributed by atoms with van der Waals surface area (Å²) in [6, 6.07) is 4.98. The number of hydrogen-bond donors (Lipinski definition) is 1. The van der Waals surface area contributed by atoms with E-state index in [1.165, 1.54) is 6.07 Å². The summed E-state index contributed by atoms with van der Waals surface area (Å²) in [7, 11) is 1.77. The van der Waals surface area contributed by atoms with Crippen molar-refractivity contribution in [2.24, 2.45) is 0 Å². The lowest BCUT2D eigenvalue weighted by Gasteiger charge is -2.08. The molecule has 0 spiro atoms. The minimum absolute atomic E-state index is 0.456. The molecule has 0 saturated carbocycles. The number of halogens is 4. The Hall–Kier alpha value is -0.390. The zero-order chi connectivity index (χ0) is 12.2. The van der Waals surface area contributed by atoms with Crippen molar-refractivity contribution < 1.29 is 13.2 Å². The minimum Gasteiger partial charge on any atom is -0.316 e. The van der Waals surface area contributed by atoms with Gasteiger partial charge in [-0.2, -0.15) is 13.2 Å². The average molecular weight is 270 g/mol.